The average molecular weight is 215 g/mol. The second-order valence-corrected chi connectivity index (χ2v) is 5.73. The van der Waals surface area contributed by atoms with Crippen molar-refractivity contribution in [3.05, 3.63) is 23.8 Å². The molecule has 1 heteroatoms. The molecule has 0 heterocycles. The van der Waals surface area contributed by atoms with Gasteiger partial charge in [0.05, 0.1) is 11.5 Å². The lowest BCUT2D eigenvalue weighted by atomic mass is 9.75. The van der Waals surface area contributed by atoms with Crippen LogP contribution in [0.15, 0.2) is 23.8 Å². The van der Waals surface area contributed by atoms with E-state index in [0.717, 1.165) is 18.3 Å². The van der Waals surface area contributed by atoms with Crippen molar-refractivity contribution < 1.29 is 0 Å². The summed E-state index contributed by atoms with van der Waals surface area (Å²) in [5.41, 5.74) is 1.23. The van der Waals surface area contributed by atoms with Crippen LogP contribution >= 0.6 is 0 Å². The van der Waals surface area contributed by atoms with Crippen LogP contribution in [0.5, 0.6) is 0 Å². The molecule has 0 aromatic heterocycles. The molecule has 2 aliphatic rings. The van der Waals surface area contributed by atoms with E-state index < -0.39 is 0 Å². The Bertz CT molecular complexity index is 350. The summed E-state index contributed by atoms with van der Waals surface area (Å²) in [5.74, 6) is 1.67. The van der Waals surface area contributed by atoms with Gasteiger partial charge in [0.2, 0.25) is 0 Å². The molecule has 0 radical (unpaired) electrons. The summed E-state index contributed by atoms with van der Waals surface area (Å²) in [4.78, 5) is 0. The van der Waals surface area contributed by atoms with E-state index in [9.17, 15) is 0 Å². The number of allylic oxidation sites excluding steroid dienone is 4. The van der Waals surface area contributed by atoms with E-state index in [2.05, 4.69) is 31.2 Å². The fourth-order valence-corrected chi connectivity index (χ4v) is 2.73. The molecule has 0 aromatic rings. The summed E-state index contributed by atoms with van der Waals surface area (Å²) in [6.45, 7) is 4.37. The van der Waals surface area contributed by atoms with Gasteiger partial charge in [0, 0.05) is 0 Å². The minimum absolute atomic E-state index is 0.258. The SMILES string of the molecule is CC1CCC(C2=CCC(C)(C#N)C=C2)CC1. The minimum atomic E-state index is -0.258. The molecule has 86 valence electrons. The molecule has 0 saturated heterocycles. The van der Waals surface area contributed by atoms with Gasteiger partial charge in [-0.2, -0.15) is 5.26 Å². The van der Waals surface area contributed by atoms with Crippen LogP contribution in [0.1, 0.15) is 46.0 Å². The molecule has 1 atom stereocenters. The maximum absolute atomic E-state index is 9.05. The predicted molar refractivity (Wildman–Crippen MR) is 66.7 cm³/mol. The topological polar surface area (TPSA) is 23.8 Å². The van der Waals surface area contributed by atoms with Crippen LogP contribution < -0.4 is 0 Å². The van der Waals surface area contributed by atoms with Crippen molar-refractivity contribution in [1.82, 2.24) is 0 Å². The number of nitriles is 1. The second-order valence-electron chi connectivity index (χ2n) is 5.73. The van der Waals surface area contributed by atoms with Crippen molar-refractivity contribution in [2.45, 2.75) is 46.0 Å². The van der Waals surface area contributed by atoms with Gasteiger partial charge in [0.25, 0.3) is 0 Å². The van der Waals surface area contributed by atoms with E-state index >= 15 is 0 Å². The molecular formula is C15H21N. The van der Waals surface area contributed by atoms with E-state index in [0.29, 0.717) is 0 Å². The van der Waals surface area contributed by atoms with Gasteiger partial charge in [-0.25, -0.2) is 0 Å². The van der Waals surface area contributed by atoms with E-state index in [-0.39, 0.29) is 5.41 Å². The lowest BCUT2D eigenvalue weighted by molar-refractivity contribution is 0.321. The van der Waals surface area contributed by atoms with Gasteiger partial charge >= 0.3 is 0 Å². The van der Waals surface area contributed by atoms with Gasteiger partial charge in [0.1, 0.15) is 0 Å². The number of nitrogens with zero attached hydrogens (tertiary/aromatic N) is 1. The van der Waals surface area contributed by atoms with Crippen LogP contribution in [0, 0.1) is 28.6 Å². The molecule has 1 unspecified atom stereocenters. The highest BCUT2D eigenvalue weighted by atomic mass is 14.3. The van der Waals surface area contributed by atoms with Crippen molar-refractivity contribution in [3.8, 4) is 6.07 Å². The standard InChI is InChI=1S/C15H21N/c1-12-3-5-13(6-4-12)14-7-9-15(2,11-16)10-8-14/h7-9,12-13H,3-6,10H2,1-2H3. The van der Waals surface area contributed by atoms with Gasteiger partial charge in [-0.15, -0.1) is 0 Å². The third-order valence-corrected chi connectivity index (χ3v) is 4.15. The molecular weight excluding hydrogens is 194 g/mol. The Morgan fingerprint density at radius 1 is 1.31 bits per heavy atom. The maximum atomic E-state index is 9.05. The molecule has 0 bridgehead atoms. The number of rotatable bonds is 1. The molecule has 16 heavy (non-hydrogen) atoms. The first-order valence-electron chi connectivity index (χ1n) is 6.43. The molecule has 0 aromatic carbocycles. The van der Waals surface area contributed by atoms with Crippen LogP contribution in [-0.2, 0) is 0 Å². The summed E-state index contributed by atoms with van der Waals surface area (Å²) >= 11 is 0. The quantitative estimate of drug-likeness (QED) is 0.642. The van der Waals surface area contributed by atoms with Crippen molar-refractivity contribution >= 4 is 0 Å². The van der Waals surface area contributed by atoms with Crippen molar-refractivity contribution in [1.29, 1.82) is 5.26 Å². The molecule has 1 saturated carbocycles. The average Bonchev–Trinajstić information content (AvgIpc) is 2.32. The predicted octanol–water partition coefficient (Wildman–Crippen LogP) is 4.23. The molecule has 2 rings (SSSR count). The fourth-order valence-electron chi connectivity index (χ4n) is 2.73. The Kier molecular flexibility index (Phi) is 3.19. The maximum Gasteiger partial charge on any atom is 0.0763 e. The van der Waals surface area contributed by atoms with E-state index in [1.165, 1.54) is 31.3 Å². The lowest BCUT2D eigenvalue weighted by Crippen LogP contribution is -2.17. The first kappa shape index (κ1) is 11.5. The van der Waals surface area contributed by atoms with Crippen molar-refractivity contribution in [3.63, 3.8) is 0 Å². The summed E-state index contributed by atoms with van der Waals surface area (Å²) < 4.78 is 0. The zero-order valence-corrected chi connectivity index (χ0v) is 10.4. The largest absolute Gasteiger partial charge is 0.197 e. The van der Waals surface area contributed by atoms with Crippen LogP contribution in [0.2, 0.25) is 0 Å². The van der Waals surface area contributed by atoms with Crippen LogP contribution in [-0.4, -0.2) is 0 Å². The summed E-state index contributed by atoms with van der Waals surface area (Å²) in [6.07, 6.45) is 12.9. The van der Waals surface area contributed by atoms with Crippen molar-refractivity contribution in [2.75, 3.05) is 0 Å². The van der Waals surface area contributed by atoms with E-state index in [1.54, 1.807) is 0 Å². The highest BCUT2D eigenvalue weighted by molar-refractivity contribution is 5.31. The number of hydrogen-bond donors (Lipinski definition) is 0. The Hall–Kier alpha value is -1.03. The first-order chi connectivity index (χ1) is 7.63. The van der Waals surface area contributed by atoms with Gasteiger partial charge in [-0.3, -0.25) is 0 Å². The smallest absolute Gasteiger partial charge is 0.0763 e. The molecule has 0 amide bonds. The van der Waals surface area contributed by atoms with Gasteiger partial charge < -0.3 is 0 Å². The van der Waals surface area contributed by atoms with Crippen LogP contribution in [0.25, 0.3) is 0 Å². The van der Waals surface area contributed by atoms with E-state index in [4.69, 9.17) is 5.26 Å². The van der Waals surface area contributed by atoms with E-state index in [1.807, 2.05) is 6.92 Å². The molecule has 1 fully saturated rings. The summed E-state index contributed by atoms with van der Waals surface area (Å²) in [7, 11) is 0. The molecule has 1 nitrogen and oxygen atoms in total. The molecule has 0 aliphatic heterocycles. The second kappa shape index (κ2) is 4.45. The van der Waals surface area contributed by atoms with Gasteiger partial charge in [0.15, 0.2) is 0 Å². The zero-order valence-electron chi connectivity index (χ0n) is 10.4. The Morgan fingerprint density at radius 2 is 2.00 bits per heavy atom. The zero-order chi connectivity index (χ0) is 11.6. The van der Waals surface area contributed by atoms with Crippen LogP contribution in [0.3, 0.4) is 0 Å². The Morgan fingerprint density at radius 3 is 2.50 bits per heavy atom. The summed E-state index contributed by atoms with van der Waals surface area (Å²) in [6, 6.07) is 2.38. The fraction of sp³-hybridized carbons (Fsp3) is 0.667. The van der Waals surface area contributed by atoms with Gasteiger partial charge in [-0.05, 0) is 43.6 Å². The first-order valence-corrected chi connectivity index (χ1v) is 6.43. The third kappa shape index (κ3) is 2.38. The van der Waals surface area contributed by atoms with Crippen LogP contribution in [0.4, 0.5) is 0 Å². The molecule has 2 aliphatic carbocycles. The Labute approximate surface area is 98.9 Å². The highest BCUT2D eigenvalue weighted by Crippen LogP contribution is 2.37. The van der Waals surface area contributed by atoms with Gasteiger partial charge in [-0.1, -0.05) is 38.0 Å². The lowest BCUT2D eigenvalue weighted by Gasteiger charge is -2.30. The Balaban J connectivity index is 1.99. The highest BCUT2D eigenvalue weighted by Gasteiger charge is 2.26. The van der Waals surface area contributed by atoms with Crippen molar-refractivity contribution in [2.24, 2.45) is 17.3 Å². The minimum Gasteiger partial charge on any atom is -0.197 e. The molecule has 0 N–H and O–H groups in total. The number of hydrogen-bond acceptors (Lipinski definition) is 1. The normalized spacial score (nSPS) is 38.9. The molecule has 0 spiro atoms. The summed E-state index contributed by atoms with van der Waals surface area (Å²) in [5, 5.41) is 9.05. The third-order valence-electron chi connectivity index (χ3n) is 4.15. The monoisotopic (exact) mass is 215 g/mol.